The summed E-state index contributed by atoms with van der Waals surface area (Å²) in [5.41, 5.74) is 4.98. The van der Waals surface area contributed by atoms with E-state index < -0.39 is 24.2 Å². The number of amides is 2. The molecule has 11 nitrogen and oxygen atoms in total. The van der Waals surface area contributed by atoms with E-state index in [0.717, 1.165) is 34.4 Å². The van der Waals surface area contributed by atoms with Gasteiger partial charge in [-0.05, 0) is 86.4 Å². The number of nitrogens with zero attached hydrogens (tertiary/aromatic N) is 3. The van der Waals surface area contributed by atoms with Crippen LogP contribution in [-0.4, -0.2) is 105 Å². The number of anilines is 1. The number of rotatable bonds is 14. The fourth-order valence-corrected chi connectivity index (χ4v) is 9.51. The van der Waals surface area contributed by atoms with Crippen molar-refractivity contribution in [2.75, 3.05) is 53.4 Å². The van der Waals surface area contributed by atoms with Crippen molar-refractivity contribution in [3.63, 3.8) is 0 Å². The molecular formula is C44H61N5O6. The average molecular weight is 756 g/mol. The van der Waals surface area contributed by atoms with Gasteiger partial charge in [-0.3, -0.25) is 14.4 Å². The molecule has 1 aliphatic heterocycles. The van der Waals surface area contributed by atoms with Crippen LogP contribution in [0.15, 0.2) is 66.7 Å². The van der Waals surface area contributed by atoms with Crippen molar-refractivity contribution in [1.82, 2.24) is 20.6 Å². The molecule has 0 aromatic heterocycles. The highest BCUT2D eigenvalue weighted by molar-refractivity contribution is 5.97. The van der Waals surface area contributed by atoms with Crippen molar-refractivity contribution in [2.45, 2.75) is 77.4 Å². The molecule has 4 N–H and O–H groups in total. The van der Waals surface area contributed by atoms with Crippen LogP contribution in [-0.2, 0) is 16.2 Å². The Morgan fingerprint density at radius 3 is 2.36 bits per heavy atom. The molecule has 3 saturated carbocycles. The number of benzene rings is 3. The van der Waals surface area contributed by atoms with Crippen LogP contribution >= 0.6 is 0 Å². The van der Waals surface area contributed by atoms with Gasteiger partial charge in [0, 0.05) is 55.0 Å². The summed E-state index contributed by atoms with van der Waals surface area (Å²) in [6, 6.07) is 20.6. The molecule has 11 heteroatoms. The Morgan fingerprint density at radius 1 is 1.04 bits per heavy atom. The molecule has 2 bridgehead atoms. The fraction of sp³-hybridized carbons (Fsp3) is 0.545. The molecule has 7 rings (SSSR count). The molecule has 3 aromatic rings. The average Bonchev–Trinajstić information content (AvgIpc) is 3.53. The fourth-order valence-electron chi connectivity index (χ4n) is 9.51. The standard InChI is InChI=1S/C44H61N5O6/c1-26-35-21-32(44(35,3)4)22-36(26)45-43(53)40-39(27(2)51)38(25-50)55-49(40)23-29-16-13-17-34(41(29)54-9)30-18-31(20-33(19-30)48(7)8)42(52)46-37(24-47(5)6)28-14-11-10-12-15-28/h10-20,26-27,32,35-40,50-51H,21-25H2,1-9H3,(H,45,53)(H,46,52)/t26-,27-,32+,35-,36-,37?,38-,39+,40-/m0/s1. The Hall–Kier alpha value is -4.00. The minimum Gasteiger partial charge on any atom is -0.496 e. The van der Waals surface area contributed by atoms with Crippen molar-refractivity contribution < 1.29 is 29.4 Å². The normalized spacial score (nSPS) is 26.9. The minimum atomic E-state index is -0.903. The van der Waals surface area contributed by atoms with Gasteiger partial charge in [-0.1, -0.05) is 69.3 Å². The number of para-hydroxylation sites is 1. The topological polar surface area (TPSA) is 127 Å². The van der Waals surface area contributed by atoms with Crippen LogP contribution in [0.3, 0.4) is 0 Å². The van der Waals surface area contributed by atoms with Crippen molar-refractivity contribution in [2.24, 2.45) is 29.1 Å². The van der Waals surface area contributed by atoms with Gasteiger partial charge in [0.05, 0.1) is 32.4 Å². The highest BCUT2D eigenvalue weighted by atomic mass is 16.7. The molecule has 4 aliphatic rings. The lowest BCUT2D eigenvalue weighted by atomic mass is 9.45. The van der Waals surface area contributed by atoms with Crippen LogP contribution in [0.5, 0.6) is 5.75 Å². The molecule has 9 atom stereocenters. The molecule has 1 heterocycles. The summed E-state index contributed by atoms with van der Waals surface area (Å²) in [6.07, 6.45) is 0.467. The number of hydrogen-bond donors (Lipinski definition) is 4. The predicted octanol–water partition coefficient (Wildman–Crippen LogP) is 5.12. The lowest BCUT2D eigenvalue weighted by Gasteiger charge is -2.62. The summed E-state index contributed by atoms with van der Waals surface area (Å²) in [6.45, 7) is 9.02. The van der Waals surface area contributed by atoms with Crippen molar-refractivity contribution in [3.8, 4) is 16.9 Å². The second-order valence-corrected chi connectivity index (χ2v) is 17.1. The Balaban J connectivity index is 1.30. The Kier molecular flexibility index (Phi) is 12.3. The first-order chi connectivity index (χ1) is 26.1. The van der Waals surface area contributed by atoms with Gasteiger partial charge in [-0.15, -0.1) is 0 Å². The third-order valence-corrected chi connectivity index (χ3v) is 12.8. The van der Waals surface area contributed by atoms with Gasteiger partial charge < -0.3 is 35.4 Å². The lowest BCUT2D eigenvalue weighted by Crippen LogP contribution is -2.62. The van der Waals surface area contributed by atoms with Crippen LogP contribution in [0.2, 0.25) is 0 Å². The smallest absolute Gasteiger partial charge is 0.251 e. The molecule has 0 radical (unpaired) electrons. The Morgan fingerprint density at radius 2 is 1.76 bits per heavy atom. The Bertz CT molecular complexity index is 1820. The number of hydrogen-bond acceptors (Lipinski definition) is 9. The van der Waals surface area contributed by atoms with E-state index in [1.54, 1.807) is 19.1 Å². The minimum absolute atomic E-state index is 0.0352. The first kappa shape index (κ1) is 40.7. The van der Waals surface area contributed by atoms with E-state index in [1.165, 1.54) is 6.42 Å². The molecule has 55 heavy (non-hydrogen) atoms. The molecule has 1 unspecified atom stereocenters. The maximum atomic E-state index is 14.3. The SMILES string of the molecule is COc1c(CN2O[C@@H](CO)[C@@H]([C@H](C)O)[C@H]2C(=O)N[C@H]2C[C@H]3C[C@@H]([C@@H]2C)C3(C)C)cccc1-c1cc(C(=O)NC(CN(C)C)c2ccccc2)cc(N(C)C)c1. The number of nitrogens with one attached hydrogen (secondary N) is 2. The van der Waals surface area contributed by atoms with E-state index in [2.05, 4.69) is 36.3 Å². The number of carbonyl (C=O) groups is 2. The van der Waals surface area contributed by atoms with Gasteiger partial charge in [0.15, 0.2) is 0 Å². The maximum Gasteiger partial charge on any atom is 0.251 e. The zero-order valence-corrected chi connectivity index (χ0v) is 34.0. The number of likely N-dealkylation sites (N-methyl/N-ethyl adjacent to an activating group) is 1. The lowest BCUT2D eigenvalue weighted by molar-refractivity contribution is -0.183. The van der Waals surface area contributed by atoms with Crippen LogP contribution in [0, 0.1) is 29.1 Å². The molecule has 2 amide bonds. The summed E-state index contributed by atoms with van der Waals surface area (Å²) in [4.78, 5) is 38.6. The zero-order valence-electron chi connectivity index (χ0n) is 34.0. The van der Waals surface area contributed by atoms with Crippen molar-refractivity contribution in [3.05, 3.63) is 83.4 Å². The molecule has 3 aromatic carbocycles. The van der Waals surface area contributed by atoms with E-state index in [0.29, 0.717) is 35.6 Å². The maximum absolute atomic E-state index is 14.3. The van der Waals surface area contributed by atoms with E-state index in [1.807, 2.05) is 99.8 Å². The number of carbonyl (C=O) groups excluding carboxylic acids is 2. The monoisotopic (exact) mass is 755 g/mol. The highest BCUT2D eigenvalue weighted by Crippen LogP contribution is 2.61. The van der Waals surface area contributed by atoms with Crippen LogP contribution in [0.4, 0.5) is 5.69 Å². The van der Waals surface area contributed by atoms with Gasteiger partial charge in [0.2, 0.25) is 5.91 Å². The summed E-state index contributed by atoms with van der Waals surface area (Å²) < 4.78 is 6.10. The number of ether oxygens (including phenoxy) is 1. The summed E-state index contributed by atoms with van der Waals surface area (Å²) >= 11 is 0. The van der Waals surface area contributed by atoms with E-state index in [-0.39, 0.29) is 42.5 Å². The summed E-state index contributed by atoms with van der Waals surface area (Å²) in [5.74, 6) is 0.990. The second-order valence-electron chi connectivity index (χ2n) is 17.1. The number of hydroxylamine groups is 2. The van der Waals surface area contributed by atoms with Crippen LogP contribution < -0.4 is 20.3 Å². The van der Waals surface area contributed by atoms with Gasteiger partial charge in [0.1, 0.15) is 17.9 Å². The number of aliphatic hydroxyl groups is 2. The zero-order chi connectivity index (χ0) is 39.8. The number of fused-ring (bicyclic) bond motifs is 2. The largest absolute Gasteiger partial charge is 0.496 e. The van der Waals surface area contributed by atoms with Gasteiger partial charge in [0.25, 0.3) is 5.91 Å². The van der Waals surface area contributed by atoms with Crippen molar-refractivity contribution in [1.29, 1.82) is 0 Å². The first-order valence-electron chi connectivity index (χ1n) is 19.7. The first-order valence-corrected chi connectivity index (χ1v) is 19.7. The summed E-state index contributed by atoms with van der Waals surface area (Å²) in [7, 11) is 9.47. The van der Waals surface area contributed by atoms with Crippen LogP contribution in [0.25, 0.3) is 11.1 Å². The molecule has 0 spiro atoms. The summed E-state index contributed by atoms with van der Waals surface area (Å²) in [5, 5.41) is 29.6. The van der Waals surface area contributed by atoms with Crippen LogP contribution in [0.1, 0.15) is 68.1 Å². The second kappa shape index (κ2) is 16.6. The molecular weight excluding hydrogens is 695 g/mol. The van der Waals surface area contributed by atoms with Gasteiger partial charge in [-0.2, -0.15) is 5.06 Å². The van der Waals surface area contributed by atoms with E-state index in [9.17, 15) is 19.8 Å². The van der Waals surface area contributed by atoms with Crippen molar-refractivity contribution >= 4 is 17.5 Å². The van der Waals surface area contributed by atoms with Gasteiger partial charge in [-0.25, -0.2) is 0 Å². The van der Waals surface area contributed by atoms with E-state index >= 15 is 0 Å². The third-order valence-electron chi connectivity index (χ3n) is 12.8. The van der Waals surface area contributed by atoms with Gasteiger partial charge >= 0.3 is 0 Å². The number of methoxy groups -OCH3 is 1. The quantitative estimate of drug-likeness (QED) is 0.178. The highest BCUT2D eigenvalue weighted by Gasteiger charge is 2.57. The molecule has 1 saturated heterocycles. The van der Waals surface area contributed by atoms with E-state index in [4.69, 9.17) is 9.57 Å². The Labute approximate surface area is 326 Å². The number of aliphatic hydroxyl groups excluding tert-OH is 2. The molecule has 3 aliphatic carbocycles. The third kappa shape index (κ3) is 8.27. The molecule has 4 fully saturated rings. The molecule has 298 valence electrons. The predicted molar refractivity (Wildman–Crippen MR) is 216 cm³/mol.